The quantitative estimate of drug-likeness (QED) is 0.755. The average Bonchev–Trinajstić information content (AvgIpc) is 2.42. The zero-order valence-electron chi connectivity index (χ0n) is 11.6. The van der Waals surface area contributed by atoms with Crippen molar-refractivity contribution in [3.63, 3.8) is 0 Å². The Morgan fingerprint density at radius 1 is 1.05 bits per heavy atom. The first-order chi connectivity index (χ1) is 9.77. The topological polar surface area (TPSA) is 12.0 Å². The number of alkyl halides is 3. The molecule has 0 bridgehead atoms. The van der Waals surface area contributed by atoms with Crippen molar-refractivity contribution in [2.45, 2.75) is 26.1 Å². The molecule has 0 aliphatic carbocycles. The van der Waals surface area contributed by atoms with Gasteiger partial charge in [0, 0.05) is 11.7 Å². The van der Waals surface area contributed by atoms with Gasteiger partial charge >= 0.3 is 6.18 Å². The highest BCUT2D eigenvalue weighted by Crippen LogP contribution is 2.31. The molecule has 0 radical (unpaired) electrons. The molecule has 1 N–H and O–H groups in total. The zero-order chi connectivity index (χ0) is 15.6. The monoisotopic (exact) mass is 297 g/mol. The molecular weight excluding hydrogens is 282 g/mol. The van der Waals surface area contributed by atoms with Crippen molar-refractivity contribution in [1.29, 1.82) is 0 Å². The van der Waals surface area contributed by atoms with Crippen LogP contribution in [0.5, 0.6) is 0 Å². The van der Waals surface area contributed by atoms with E-state index in [1.54, 1.807) is 32.0 Å². The molecule has 0 spiro atoms. The summed E-state index contributed by atoms with van der Waals surface area (Å²) in [6.45, 7) is 3.39. The lowest BCUT2D eigenvalue weighted by atomic mass is 10.0. The second kappa shape index (κ2) is 5.76. The zero-order valence-corrected chi connectivity index (χ0v) is 11.6. The number of hydrogen-bond acceptors (Lipinski definition) is 1. The Balaban J connectivity index is 2.20. The Hall–Kier alpha value is -2.04. The van der Waals surface area contributed by atoms with E-state index >= 15 is 0 Å². The summed E-state index contributed by atoms with van der Waals surface area (Å²) in [7, 11) is 0. The van der Waals surface area contributed by atoms with Gasteiger partial charge in [-0.1, -0.05) is 12.1 Å². The lowest BCUT2D eigenvalue weighted by molar-refractivity contribution is -0.137. The summed E-state index contributed by atoms with van der Waals surface area (Å²) in [6.07, 6.45) is -4.36. The lowest BCUT2D eigenvalue weighted by Gasteiger charge is -2.17. The van der Waals surface area contributed by atoms with Crippen LogP contribution in [-0.2, 0) is 6.18 Å². The molecule has 1 atom stereocenters. The summed E-state index contributed by atoms with van der Waals surface area (Å²) in [5.74, 6) is -0.313. The number of nitrogens with one attached hydrogen (secondary N) is 1. The van der Waals surface area contributed by atoms with Gasteiger partial charge in [0.05, 0.1) is 5.56 Å². The van der Waals surface area contributed by atoms with Gasteiger partial charge in [0.1, 0.15) is 5.82 Å². The first-order valence-corrected chi connectivity index (χ1v) is 6.47. The van der Waals surface area contributed by atoms with Crippen LogP contribution in [0.15, 0.2) is 42.5 Å². The molecule has 2 aromatic rings. The number of halogens is 4. The Morgan fingerprint density at radius 2 is 1.76 bits per heavy atom. The minimum absolute atomic E-state index is 0.313. The van der Waals surface area contributed by atoms with Crippen LogP contribution in [-0.4, -0.2) is 0 Å². The Morgan fingerprint density at radius 3 is 2.38 bits per heavy atom. The van der Waals surface area contributed by atoms with Gasteiger partial charge in [-0.15, -0.1) is 0 Å². The first kappa shape index (κ1) is 15.4. The predicted octanol–water partition coefficient (Wildman–Crippen LogP) is 5.33. The van der Waals surface area contributed by atoms with Crippen molar-refractivity contribution in [2.24, 2.45) is 0 Å². The van der Waals surface area contributed by atoms with Gasteiger partial charge in [0.2, 0.25) is 0 Å². The lowest BCUT2D eigenvalue weighted by Crippen LogP contribution is -2.10. The molecule has 0 amide bonds. The smallest absolute Gasteiger partial charge is 0.379 e. The Bertz CT molecular complexity index is 634. The fraction of sp³-hybridized carbons (Fsp3) is 0.250. The van der Waals surface area contributed by atoms with Crippen molar-refractivity contribution >= 4 is 5.69 Å². The molecule has 1 unspecified atom stereocenters. The standard InChI is InChI=1S/C16H15F4N/c1-10-8-14(6-7-15(10)17)21-11(2)12-4-3-5-13(9-12)16(18,19)20/h3-9,11,21H,1-2H3. The SMILES string of the molecule is Cc1cc(NC(C)c2cccc(C(F)(F)F)c2)ccc1F. The van der Waals surface area contributed by atoms with Crippen molar-refractivity contribution in [3.8, 4) is 0 Å². The Kier molecular flexibility index (Phi) is 4.21. The third kappa shape index (κ3) is 3.74. The number of anilines is 1. The van der Waals surface area contributed by atoms with Crippen molar-refractivity contribution in [3.05, 3.63) is 65.0 Å². The van der Waals surface area contributed by atoms with E-state index in [0.29, 0.717) is 16.8 Å². The molecule has 112 valence electrons. The number of hydrogen-bond donors (Lipinski definition) is 1. The minimum atomic E-state index is -4.36. The van der Waals surface area contributed by atoms with Gasteiger partial charge in [-0.05, 0) is 55.3 Å². The van der Waals surface area contributed by atoms with Gasteiger partial charge in [-0.2, -0.15) is 13.2 Å². The van der Waals surface area contributed by atoms with Crippen molar-refractivity contribution in [2.75, 3.05) is 5.32 Å². The van der Waals surface area contributed by atoms with Crippen molar-refractivity contribution < 1.29 is 17.6 Å². The fourth-order valence-electron chi connectivity index (χ4n) is 2.05. The molecule has 0 saturated heterocycles. The van der Waals surface area contributed by atoms with Gasteiger partial charge < -0.3 is 5.32 Å². The molecule has 1 nitrogen and oxygen atoms in total. The predicted molar refractivity (Wildman–Crippen MR) is 74.6 cm³/mol. The van der Waals surface area contributed by atoms with Crippen LogP contribution in [0.2, 0.25) is 0 Å². The van der Waals surface area contributed by atoms with Crippen molar-refractivity contribution in [1.82, 2.24) is 0 Å². The molecule has 2 rings (SSSR count). The maximum Gasteiger partial charge on any atom is 0.416 e. The molecule has 0 heterocycles. The average molecular weight is 297 g/mol. The number of benzene rings is 2. The van der Waals surface area contributed by atoms with Crippen LogP contribution in [0.4, 0.5) is 23.2 Å². The van der Waals surface area contributed by atoms with Crippen LogP contribution < -0.4 is 5.32 Å². The minimum Gasteiger partial charge on any atom is -0.379 e. The first-order valence-electron chi connectivity index (χ1n) is 6.47. The second-order valence-electron chi connectivity index (χ2n) is 4.95. The normalized spacial score (nSPS) is 13.0. The van der Waals surface area contributed by atoms with Gasteiger partial charge in [0.15, 0.2) is 0 Å². The van der Waals surface area contributed by atoms with Gasteiger partial charge in [0.25, 0.3) is 0 Å². The highest BCUT2D eigenvalue weighted by atomic mass is 19.4. The van der Waals surface area contributed by atoms with Crippen LogP contribution in [0.3, 0.4) is 0 Å². The van der Waals surface area contributed by atoms with Crippen LogP contribution in [0, 0.1) is 12.7 Å². The molecule has 2 aromatic carbocycles. The van der Waals surface area contributed by atoms with E-state index in [1.165, 1.54) is 12.1 Å². The molecule has 0 aliphatic rings. The van der Waals surface area contributed by atoms with Gasteiger partial charge in [-0.25, -0.2) is 4.39 Å². The summed E-state index contributed by atoms with van der Waals surface area (Å²) >= 11 is 0. The second-order valence-corrected chi connectivity index (χ2v) is 4.95. The summed E-state index contributed by atoms with van der Waals surface area (Å²) < 4.78 is 51.3. The maximum absolute atomic E-state index is 13.2. The molecular formula is C16H15F4N. The van der Waals surface area contributed by atoms with Crippen LogP contribution >= 0.6 is 0 Å². The maximum atomic E-state index is 13.2. The van der Waals surface area contributed by atoms with E-state index in [2.05, 4.69) is 5.32 Å². The molecule has 5 heteroatoms. The fourth-order valence-corrected chi connectivity index (χ4v) is 2.05. The third-order valence-electron chi connectivity index (χ3n) is 3.26. The summed E-state index contributed by atoms with van der Waals surface area (Å²) in [4.78, 5) is 0. The van der Waals surface area contributed by atoms with E-state index in [1.807, 2.05) is 0 Å². The van der Waals surface area contributed by atoms with Crippen LogP contribution in [0.25, 0.3) is 0 Å². The number of rotatable bonds is 3. The van der Waals surface area contributed by atoms with Crippen LogP contribution in [0.1, 0.15) is 29.7 Å². The van der Waals surface area contributed by atoms with E-state index < -0.39 is 11.7 Å². The van der Waals surface area contributed by atoms with E-state index in [9.17, 15) is 17.6 Å². The van der Waals surface area contributed by atoms with E-state index in [4.69, 9.17) is 0 Å². The summed E-state index contributed by atoms with van der Waals surface area (Å²) in [5.41, 5.74) is 0.991. The third-order valence-corrected chi connectivity index (χ3v) is 3.26. The van der Waals surface area contributed by atoms with E-state index in [0.717, 1.165) is 12.1 Å². The van der Waals surface area contributed by atoms with Gasteiger partial charge in [-0.3, -0.25) is 0 Å². The highest BCUT2D eigenvalue weighted by Gasteiger charge is 2.30. The summed E-state index contributed by atoms with van der Waals surface area (Å²) in [5, 5.41) is 3.07. The molecule has 0 saturated carbocycles. The van der Waals surface area contributed by atoms with E-state index in [-0.39, 0.29) is 11.9 Å². The largest absolute Gasteiger partial charge is 0.416 e. The highest BCUT2D eigenvalue weighted by molar-refractivity contribution is 5.48. The molecule has 0 aromatic heterocycles. The molecule has 21 heavy (non-hydrogen) atoms. The molecule has 0 aliphatic heterocycles. The number of aryl methyl sites for hydroxylation is 1. The summed E-state index contributed by atoms with van der Waals surface area (Å²) in [6, 6.07) is 9.36. The molecule has 0 fully saturated rings. The Labute approximate surface area is 120 Å².